The highest BCUT2D eigenvalue weighted by atomic mass is 127. The molecule has 0 aromatic rings. The van der Waals surface area contributed by atoms with Crippen LogP contribution in [0.2, 0.25) is 0 Å². The molecule has 3 saturated carbocycles. The summed E-state index contributed by atoms with van der Waals surface area (Å²) in [6, 6.07) is 0. The molecule has 194 valence electrons. The zero-order chi connectivity index (χ0) is 24.7. The highest BCUT2D eigenvalue weighted by Crippen LogP contribution is 2.67. The minimum Gasteiger partial charge on any atom is -0.462 e. The summed E-state index contributed by atoms with van der Waals surface area (Å²) < 4.78 is 6.27. The molecule has 0 aromatic heterocycles. The van der Waals surface area contributed by atoms with Gasteiger partial charge in [-0.05, 0) is 91.3 Å². The fourth-order valence-corrected chi connectivity index (χ4v) is 9.58. The third-order valence-electron chi connectivity index (χ3n) is 11.0. The van der Waals surface area contributed by atoms with Crippen molar-refractivity contribution in [3.63, 3.8) is 0 Å². The van der Waals surface area contributed by atoms with Gasteiger partial charge in [-0.15, -0.1) is 0 Å². The van der Waals surface area contributed by atoms with Crippen LogP contribution in [0, 0.1) is 46.3 Å². The van der Waals surface area contributed by atoms with Crippen molar-refractivity contribution in [1.29, 1.82) is 0 Å². The second-order valence-corrected chi connectivity index (χ2v) is 15.8. The van der Waals surface area contributed by atoms with E-state index in [1.54, 1.807) is 5.57 Å². The van der Waals surface area contributed by atoms with Gasteiger partial charge >= 0.3 is 5.97 Å². The lowest BCUT2D eigenvalue weighted by atomic mass is 9.47. The maximum atomic E-state index is 12.3. The van der Waals surface area contributed by atoms with Crippen LogP contribution < -0.4 is 0 Å². The lowest BCUT2D eigenvalue weighted by molar-refractivity contribution is -0.151. The van der Waals surface area contributed by atoms with Gasteiger partial charge in [-0.3, -0.25) is 4.79 Å². The number of fused-ring (bicyclic) bond motifs is 5. The number of allylic oxidation sites excluding steroid dienone is 1. The smallest absolute Gasteiger partial charge is 0.307 e. The number of carbonyl (C=O) groups excluding carboxylic acids is 1. The van der Waals surface area contributed by atoms with Crippen molar-refractivity contribution in [1.82, 2.24) is 0 Å². The SMILES string of the molecule is CC(C)CCC[C@@H](C)[C@H]1CC[C@H]2[C@@H]3CC=C4C[C@H](OC(=O)C[C@@H](C)I)CC[C@]4(C)[C@H]3CC[C@]12C. The summed E-state index contributed by atoms with van der Waals surface area (Å²) in [6.45, 7) is 14.7. The highest BCUT2D eigenvalue weighted by molar-refractivity contribution is 14.1. The first-order valence-electron chi connectivity index (χ1n) is 14.6. The van der Waals surface area contributed by atoms with Crippen LogP contribution in [0.1, 0.15) is 119 Å². The minimum atomic E-state index is -0.00210. The van der Waals surface area contributed by atoms with Gasteiger partial charge < -0.3 is 4.74 Å². The Morgan fingerprint density at radius 1 is 1.06 bits per heavy atom. The van der Waals surface area contributed by atoms with Gasteiger partial charge in [-0.2, -0.15) is 0 Å². The van der Waals surface area contributed by atoms with Gasteiger partial charge in [-0.1, -0.05) is 95.0 Å². The molecule has 4 aliphatic carbocycles. The van der Waals surface area contributed by atoms with E-state index in [0.29, 0.717) is 21.2 Å². The first-order valence-corrected chi connectivity index (χ1v) is 15.8. The van der Waals surface area contributed by atoms with Crippen LogP contribution in [0.25, 0.3) is 0 Å². The van der Waals surface area contributed by atoms with Crippen LogP contribution >= 0.6 is 22.6 Å². The Balaban J connectivity index is 1.42. The van der Waals surface area contributed by atoms with Crippen molar-refractivity contribution in [2.24, 2.45) is 46.3 Å². The second-order valence-electron chi connectivity index (χ2n) is 13.6. The Bertz CT molecular complexity index is 757. The van der Waals surface area contributed by atoms with Gasteiger partial charge in [0.2, 0.25) is 0 Å². The van der Waals surface area contributed by atoms with E-state index in [1.165, 1.54) is 57.8 Å². The van der Waals surface area contributed by atoms with Crippen molar-refractivity contribution in [3.05, 3.63) is 11.6 Å². The Morgan fingerprint density at radius 2 is 1.82 bits per heavy atom. The summed E-state index contributed by atoms with van der Waals surface area (Å²) in [4.78, 5) is 12.3. The summed E-state index contributed by atoms with van der Waals surface area (Å²) in [5, 5.41) is 0. The number of hydrogen-bond acceptors (Lipinski definition) is 2. The summed E-state index contributed by atoms with van der Waals surface area (Å²) in [7, 11) is 0. The number of carbonyl (C=O) groups is 1. The van der Waals surface area contributed by atoms with E-state index in [9.17, 15) is 4.79 Å². The number of rotatable bonds is 8. The molecule has 0 heterocycles. The van der Waals surface area contributed by atoms with Crippen LogP contribution in [-0.2, 0) is 9.53 Å². The predicted octanol–water partition coefficient (Wildman–Crippen LogP) is 9.15. The second kappa shape index (κ2) is 10.7. The highest BCUT2D eigenvalue weighted by Gasteiger charge is 2.59. The van der Waals surface area contributed by atoms with Crippen molar-refractivity contribution in [3.8, 4) is 0 Å². The molecule has 4 rings (SSSR count). The molecule has 2 nitrogen and oxygen atoms in total. The zero-order valence-electron chi connectivity index (χ0n) is 22.9. The number of esters is 1. The van der Waals surface area contributed by atoms with Gasteiger partial charge in [0, 0.05) is 10.3 Å². The molecular weight excluding hydrogens is 531 g/mol. The van der Waals surface area contributed by atoms with E-state index in [4.69, 9.17) is 4.74 Å². The first-order chi connectivity index (χ1) is 16.0. The molecule has 0 amide bonds. The quantitative estimate of drug-likeness (QED) is 0.123. The molecule has 0 radical (unpaired) electrons. The number of hydrogen-bond donors (Lipinski definition) is 0. The van der Waals surface area contributed by atoms with Gasteiger partial charge in [0.1, 0.15) is 6.10 Å². The average molecular weight is 583 g/mol. The molecule has 34 heavy (non-hydrogen) atoms. The van der Waals surface area contributed by atoms with Crippen molar-refractivity contribution in [2.45, 2.75) is 129 Å². The maximum absolute atomic E-state index is 12.3. The van der Waals surface area contributed by atoms with Crippen LogP contribution in [0.3, 0.4) is 0 Å². The topological polar surface area (TPSA) is 26.3 Å². The molecule has 0 N–H and O–H groups in total. The van der Waals surface area contributed by atoms with Gasteiger partial charge in [0.05, 0.1) is 6.42 Å². The van der Waals surface area contributed by atoms with Crippen molar-refractivity contribution >= 4 is 28.6 Å². The molecule has 0 saturated heterocycles. The standard InChI is InChI=1S/C31H51IO2/c1-20(2)8-7-9-21(3)26-12-13-27-25-11-10-23-19-24(34-29(33)18-22(4)32)14-16-30(23,5)28(25)15-17-31(26,27)6/h10,20-22,24-28H,7-9,11-19H2,1-6H3/t21-,22-,24-,25+,26-,27+,28+,30+,31-/m1/s1. The van der Waals surface area contributed by atoms with E-state index in [2.05, 4.69) is 70.2 Å². The lowest BCUT2D eigenvalue weighted by Gasteiger charge is -2.58. The molecule has 0 spiro atoms. The van der Waals surface area contributed by atoms with Crippen molar-refractivity contribution in [2.75, 3.05) is 0 Å². The van der Waals surface area contributed by atoms with Gasteiger partial charge in [0.25, 0.3) is 0 Å². The molecule has 4 aliphatic rings. The number of halogens is 1. The molecular formula is C31H51IO2. The molecule has 0 aliphatic heterocycles. The fourth-order valence-electron chi connectivity index (χ4n) is 9.22. The Kier molecular flexibility index (Phi) is 8.52. The third kappa shape index (κ3) is 5.30. The zero-order valence-corrected chi connectivity index (χ0v) is 25.0. The fraction of sp³-hybridized carbons (Fsp3) is 0.903. The van der Waals surface area contributed by atoms with E-state index in [0.717, 1.165) is 48.3 Å². The van der Waals surface area contributed by atoms with E-state index >= 15 is 0 Å². The van der Waals surface area contributed by atoms with E-state index in [1.807, 2.05) is 0 Å². The first kappa shape index (κ1) is 27.0. The largest absolute Gasteiger partial charge is 0.462 e. The summed E-state index contributed by atoms with van der Waals surface area (Å²) in [5.74, 6) is 5.28. The Labute approximate surface area is 224 Å². The molecule has 0 unspecified atom stereocenters. The van der Waals surface area contributed by atoms with Gasteiger partial charge in [-0.25, -0.2) is 0 Å². The molecule has 9 atom stereocenters. The summed E-state index contributed by atoms with van der Waals surface area (Å²) in [5.41, 5.74) is 2.52. The van der Waals surface area contributed by atoms with Crippen LogP contribution in [0.4, 0.5) is 0 Å². The van der Waals surface area contributed by atoms with E-state index in [-0.39, 0.29) is 12.1 Å². The molecule has 3 fully saturated rings. The van der Waals surface area contributed by atoms with Crippen molar-refractivity contribution < 1.29 is 9.53 Å². The summed E-state index contributed by atoms with van der Waals surface area (Å²) in [6.07, 6.45) is 17.8. The Morgan fingerprint density at radius 3 is 2.53 bits per heavy atom. The van der Waals surface area contributed by atoms with E-state index < -0.39 is 0 Å². The number of alkyl halides is 1. The average Bonchev–Trinajstić information content (AvgIpc) is 3.10. The van der Waals surface area contributed by atoms with Gasteiger partial charge in [0.15, 0.2) is 0 Å². The third-order valence-corrected chi connectivity index (χ3v) is 11.4. The lowest BCUT2D eigenvalue weighted by Crippen LogP contribution is -2.51. The monoisotopic (exact) mass is 582 g/mol. The number of ether oxygens (including phenoxy) is 1. The van der Waals surface area contributed by atoms with Crippen LogP contribution in [0.5, 0.6) is 0 Å². The predicted molar refractivity (Wildman–Crippen MR) is 151 cm³/mol. The Hall–Kier alpha value is -0.0600. The van der Waals surface area contributed by atoms with Crippen LogP contribution in [0.15, 0.2) is 11.6 Å². The molecule has 0 bridgehead atoms. The summed E-state index contributed by atoms with van der Waals surface area (Å²) >= 11 is 2.32. The minimum absolute atomic E-state index is 0.00210. The molecule has 0 aromatic carbocycles. The normalized spacial score (nSPS) is 41.2. The maximum Gasteiger partial charge on any atom is 0.307 e. The van der Waals surface area contributed by atoms with Crippen LogP contribution in [-0.4, -0.2) is 16.0 Å². The molecule has 3 heteroatoms.